The monoisotopic (exact) mass is 316 g/mol. The van der Waals surface area contributed by atoms with Crippen LogP contribution in [0.4, 0.5) is 14.5 Å². The normalized spacial score (nSPS) is 12.0. The molecular weight excluding hydrogens is 302 g/mol. The van der Waals surface area contributed by atoms with Crippen LogP contribution in [-0.2, 0) is 16.0 Å². The van der Waals surface area contributed by atoms with Gasteiger partial charge in [0.25, 0.3) is 5.69 Å². The number of halogens is 2. The summed E-state index contributed by atoms with van der Waals surface area (Å²) in [6.07, 6.45) is -3.85. The van der Waals surface area contributed by atoms with E-state index in [2.05, 4.69) is 0 Å². The van der Waals surface area contributed by atoms with Gasteiger partial charge in [0.05, 0.1) is 4.92 Å². The van der Waals surface area contributed by atoms with Crippen LogP contribution in [0.1, 0.15) is 18.4 Å². The third-order valence-corrected chi connectivity index (χ3v) is 2.81. The van der Waals surface area contributed by atoms with Gasteiger partial charge in [-0.1, -0.05) is 12.1 Å². The maximum atomic E-state index is 12.2. The predicted octanol–water partition coefficient (Wildman–Crippen LogP) is 1.75. The zero-order chi connectivity index (χ0) is 16.7. The van der Waals surface area contributed by atoms with Crippen molar-refractivity contribution in [2.24, 2.45) is 0 Å². The van der Waals surface area contributed by atoms with Gasteiger partial charge in [0.15, 0.2) is 0 Å². The molecule has 0 fully saturated rings. The molecule has 1 amide bonds. The number of nitrogens with zero attached hydrogens (tertiary/aromatic N) is 1. The summed E-state index contributed by atoms with van der Waals surface area (Å²) in [5, 5.41) is 21.3. The molecule has 22 heavy (non-hydrogen) atoms. The molecule has 1 aromatic carbocycles. The van der Waals surface area contributed by atoms with Crippen LogP contribution in [0.5, 0.6) is 0 Å². The number of nitro groups is 1. The van der Waals surface area contributed by atoms with Gasteiger partial charge >= 0.3 is 5.97 Å². The molecule has 0 aliphatic rings. The lowest BCUT2D eigenvalue weighted by Crippen LogP contribution is -2.42. The summed E-state index contributed by atoms with van der Waals surface area (Å²) in [6.45, 7) is 0. The fourth-order valence-electron chi connectivity index (χ4n) is 1.75. The Balaban J connectivity index is 2.56. The van der Waals surface area contributed by atoms with E-state index in [4.69, 9.17) is 5.11 Å². The molecule has 2 N–H and O–H groups in total. The van der Waals surface area contributed by atoms with Crippen molar-refractivity contribution in [3.8, 4) is 0 Å². The van der Waals surface area contributed by atoms with E-state index in [1.165, 1.54) is 18.2 Å². The lowest BCUT2D eigenvalue weighted by molar-refractivity contribution is -0.384. The Bertz CT molecular complexity index is 565. The number of aryl methyl sites for hydroxylation is 1. The standard InChI is InChI=1S/C13H14F2N2O5/c14-11(15)7-10(13(19)20)16-12(18)5-4-8-2-1-3-9(6-8)17(21)22/h1-3,6,10-11H,4-5,7H2,(H,16,18)(H,19,20). The van der Waals surface area contributed by atoms with E-state index < -0.39 is 35.7 Å². The number of hydrogen-bond acceptors (Lipinski definition) is 4. The van der Waals surface area contributed by atoms with E-state index in [-0.39, 0.29) is 18.5 Å². The maximum Gasteiger partial charge on any atom is 0.326 e. The smallest absolute Gasteiger partial charge is 0.326 e. The fourth-order valence-corrected chi connectivity index (χ4v) is 1.75. The number of carbonyl (C=O) groups is 2. The number of carboxylic acid groups (broad SMARTS) is 1. The maximum absolute atomic E-state index is 12.2. The average Bonchev–Trinajstić information content (AvgIpc) is 2.44. The average molecular weight is 316 g/mol. The minimum absolute atomic E-state index is 0.126. The predicted molar refractivity (Wildman–Crippen MR) is 71.6 cm³/mol. The molecule has 9 heteroatoms. The molecular formula is C13H14F2N2O5. The SMILES string of the molecule is O=C(CCc1cccc([N+](=O)[O-])c1)NC(CC(F)F)C(=O)O. The van der Waals surface area contributed by atoms with Crippen molar-refractivity contribution in [1.29, 1.82) is 0 Å². The lowest BCUT2D eigenvalue weighted by Gasteiger charge is -2.13. The summed E-state index contributed by atoms with van der Waals surface area (Å²) in [4.78, 5) is 32.3. The second-order valence-corrected chi connectivity index (χ2v) is 4.51. The first kappa shape index (κ1) is 17.5. The number of rotatable bonds is 8. The lowest BCUT2D eigenvalue weighted by atomic mass is 10.1. The number of carbonyl (C=O) groups excluding carboxylic acids is 1. The minimum Gasteiger partial charge on any atom is -0.480 e. The number of benzene rings is 1. The number of non-ortho nitro benzene ring substituents is 1. The Hall–Kier alpha value is -2.58. The summed E-state index contributed by atoms with van der Waals surface area (Å²) >= 11 is 0. The van der Waals surface area contributed by atoms with Crippen LogP contribution in [0.2, 0.25) is 0 Å². The van der Waals surface area contributed by atoms with E-state index >= 15 is 0 Å². The van der Waals surface area contributed by atoms with Crippen LogP contribution in [0, 0.1) is 10.1 Å². The van der Waals surface area contributed by atoms with Gasteiger partial charge in [-0.15, -0.1) is 0 Å². The van der Waals surface area contributed by atoms with E-state index in [1.54, 1.807) is 6.07 Å². The van der Waals surface area contributed by atoms with Crippen molar-refractivity contribution in [2.45, 2.75) is 31.7 Å². The number of hydrogen-bond donors (Lipinski definition) is 2. The molecule has 0 aromatic heterocycles. The first-order valence-corrected chi connectivity index (χ1v) is 6.33. The van der Waals surface area contributed by atoms with Crippen LogP contribution in [0.15, 0.2) is 24.3 Å². The van der Waals surface area contributed by atoms with Gasteiger partial charge in [0, 0.05) is 25.0 Å². The zero-order valence-electron chi connectivity index (χ0n) is 11.4. The summed E-state index contributed by atoms with van der Waals surface area (Å²) < 4.78 is 24.4. The highest BCUT2D eigenvalue weighted by Gasteiger charge is 2.23. The summed E-state index contributed by atoms with van der Waals surface area (Å²) in [6, 6.07) is 3.97. The molecule has 0 bridgehead atoms. The number of aliphatic carboxylic acids is 1. The van der Waals surface area contributed by atoms with Crippen LogP contribution in [0.3, 0.4) is 0 Å². The van der Waals surface area contributed by atoms with Gasteiger partial charge in [-0.3, -0.25) is 14.9 Å². The van der Waals surface area contributed by atoms with E-state index in [0.29, 0.717) is 5.56 Å². The molecule has 0 aliphatic heterocycles. The minimum atomic E-state index is -2.85. The number of carboxylic acids is 1. The Morgan fingerprint density at radius 1 is 1.36 bits per heavy atom. The van der Waals surface area contributed by atoms with Crippen LogP contribution < -0.4 is 5.32 Å². The highest BCUT2D eigenvalue weighted by molar-refractivity contribution is 5.83. The van der Waals surface area contributed by atoms with Gasteiger partial charge < -0.3 is 10.4 Å². The largest absolute Gasteiger partial charge is 0.480 e. The molecule has 0 saturated carbocycles. The van der Waals surface area contributed by atoms with Gasteiger partial charge in [-0.2, -0.15) is 0 Å². The van der Waals surface area contributed by atoms with Crippen molar-refractivity contribution in [1.82, 2.24) is 5.32 Å². The first-order valence-electron chi connectivity index (χ1n) is 6.33. The second-order valence-electron chi connectivity index (χ2n) is 4.51. The Kier molecular flexibility index (Phi) is 6.36. The van der Waals surface area contributed by atoms with E-state index in [1.807, 2.05) is 5.32 Å². The number of alkyl halides is 2. The van der Waals surface area contributed by atoms with Crippen molar-refractivity contribution < 1.29 is 28.4 Å². The molecule has 7 nitrogen and oxygen atoms in total. The first-order chi connectivity index (χ1) is 10.3. The highest BCUT2D eigenvalue weighted by atomic mass is 19.3. The van der Waals surface area contributed by atoms with Gasteiger partial charge in [-0.25, -0.2) is 13.6 Å². The third kappa shape index (κ3) is 5.81. The van der Waals surface area contributed by atoms with Gasteiger partial charge in [-0.05, 0) is 12.0 Å². The highest BCUT2D eigenvalue weighted by Crippen LogP contribution is 2.14. The van der Waals surface area contributed by atoms with Gasteiger partial charge in [0.2, 0.25) is 12.3 Å². The molecule has 0 radical (unpaired) electrons. The molecule has 0 aliphatic carbocycles. The van der Waals surface area contributed by atoms with E-state index in [0.717, 1.165) is 0 Å². The number of nitrogens with one attached hydrogen (secondary N) is 1. The van der Waals surface area contributed by atoms with Crippen LogP contribution >= 0.6 is 0 Å². The molecule has 1 atom stereocenters. The third-order valence-electron chi connectivity index (χ3n) is 2.81. The zero-order valence-corrected chi connectivity index (χ0v) is 11.4. The quantitative estimate of drug-likeness (QED) is 0.561. The molecule has 0 heterocycles. The Morgan fingerprint density at radius 3 is 2.59 bits per heavy atom. The topological polar surface area (TPSA) is 110 Å². The Morgan fingerprint density at radius 2 is 2.05 bits per heavy atom. The molecule has 120 valence electrons. The van der Waals surface area contributed by atoms with Crippen LogP contribution in [0.25, 0.3) is 0 Å². The van der Waals surface area contributed by atoms with Crippen molar-refractivity contribution in [3.63, 3.8) is 0 Å². The molecule has 1 unspecified atom stereocenters. The van der Waals surface area contributed by atoms with Gasteiger partial charge in [0.1, 0.15) is 6.04 Å². The summed E-state index contributed by atoms with van der Waals surface area (Å²) in [5.41, 5.74) is 0.393. The van der Waals surface area contributed by atoms with Crippen LogP contribution in [-0.4, -0.2) is 34.4 Å². The van der Waals surface area contributed by atoms with Crippen molar-refractivity contribution >= 4 is 17.6 Å². The molecule has 1 rings (SSSR count). The Labute approximate surface area is 124 Å². The number of amides is 1. The molecule has 0 spiro atoms. The van der Waals surface area contributed by atoms with Crippen molar-refractivity contribution in [3.05, 3.63) is 39.9 Å². The molecule has 0 saturated heterocycles. The number of nitro benzene ring substituents is 1. The second kappa shape index (κ2) is 8.01. The van der Waals surface area contributed by atoms with Crippen molar-refractivity contribution in [2.75, 3.05) is 0 Å². The summed E-state index contributed by atoms with van der Waals surface area (Å²) in [5.74, 6) is -2.25. The molecule has 1 aromatic rings. The fraction of sp³-hybridized carbons (Fsp3) is 0.385. The summed E-state index contributed by atoms with van der Waals surface area (Å²) in [7, 11) is 0. The van der Waals surface area contributed by atoms with E-state index in [9.17, 15) is 28.5 Å².